The van der Waals surface area contributed by atoms with Gasteiger partial charge in [-0.1, -0.05) is 39.5 Å². The summed E-state index contributed by atoms with van der Waals surface area (Å²) in [6, 6.07) is 0. The monoisotopic (exact) mass is 270 g/mol. The molecule has 112 valence electrons. The number of nitrogens with one attached hydrogen (secondary N) is 1. The van der Waals surface area contributed by atoms with Crippen molar-refractivity contribution in [3.63, 3.8) is 0 Å². The fourth-order valence-corrected chi connectivity index (χ4v) is 2.37. The summed E-state index contributed by atoms with van der Waals surface area (Å²) in [5.74, 6) is 0.180. The van der Waals surface area contributed by atoms with Gasteiger partial charge in [-0.15, -0.1) is 0 Å². The molecule has 0 radical (unpaired) electrons. The van der Waals surface area contributed by atoms with E-state index in [2.05, 4.69) is 19.2 Å². The SMILES string of the molecule is CCCCCN(CCCCC)C(=O)C1CNCCO1. The Labute approximate surface area is 117 Å². The molecule has 0 aromatic rings. The fourth-order valence-electron chi connectivity index (χ4n) is 2.37. The van der Waals surface area contributed by atoms with E-state index in [0.717, 1.165) is 32.5 Å². The van der Waals surface area contributed by atoms with Crippen molar-refractivity contribution in [2.45, 2.75) is 58.5 Å². The molecule has 1 amide bonds. The predicted octanol–water partition coefficient (Wildman–Crippen LogP) is 2.18. The minimum Gasteiger partial charge on any atom is -0.366 e. The van der Waals surface area contributed by atoms with Crippen LogP contribution in [0.4, 0.5) is 0 Å². The molecule has 0 aromatic carbocycles. The standard InChI is InChI=1S/C15H30N2O2/c1-3-5-7-10-17(11-8-6-4-2)15(18)14-13-16-9-12-19-14/h14,16H,3-13H2,1-2H3. The van der Waals surface area contributed by atoms with Crippen molar-refractivity contribution in [2.75, 3.05) is 32.8 Å². The first-order valence-electron chi connectivity index (χ1n) is 7.90. The number of hydrogen-bond donors (Lipinski definition) is 1. The molecule has 1 unspecified atom stereocenters. The maximum Gasteiger partial charge on any atom is 0.253 e. The van der Waals surface area contributed by atoms with E-state index in [-0.39, 0.29) is 12.0 Å². The summed E-state index contributed by atoms with van der Waals surface area (Å²) in [7, 11) is 0. The zero-order valence-corrected chi connectivity index (χ0v) is 12.6. The van der Waals surface area contributed by atoms with Gasteiger partial charge in [0, 0.05) is 26.2 Å². The molecule has 0 saturated carbocycles. The Morgan fingerprint density at radius 3 is 2.26 bits per heavy atom. The number of amides is 1. The van der Waals surface area contributed by atoms with Crippen molar-refractivity contribution in [2.24, 2.45) is 0 Å². The van der Waals surface area contributed by atoms with Gasteiger partial charge >= 0.3 is 0 Å². The molecule has 1 aliphatic rings. The molecule has 0 aliphatic carbocycles. The van der Waals surface area contributed by atoms with Gasteiger partial charge in [0.25, 0.3) is 5.91 Å². The molecule has 4 heteroatoms. The van der Waals surface area contributed by atoms with Gasteiger partial charge < -0.3 is 15.0 Å². The Hall–Kier alpha value is -0.610. The van der Waals surface area contributed by atoms with Crippen LogP contribution < -0.4 is 5.32 Å². The normalized spacial score (nSPS) is 19.4. The largest absolute Gasteiger partial charge is 0.366 e. The van der Waals surface area contributed by atoms with Crippen molar-refractivity contribution < 1.29 is 9.53 Å². The summed E-state index contributed by atoms with van der Waals surface area (Å²) in [6.07, 6.45) is 6.72. The zero-order chi connectivity index (χ0) is 13.9. The van der Waals surface area contributed by atoms with Gasteiger partial charge in [0.2, 0.25) is 0 Å². The second kappa shape index (κ2) is 10.2. The number of ether oxygens (including phenoxy) is 1. The van der Waals surface area contributed by atoms with Crippen LogP contribution >= 0.6 is 0 Å². The average Bonchev–Trinajstić information content (AvgIpc) is 2.46. The second-order valence-corrected chi connectivity index (χ2v) is 5.30. The van der Waals surface area contributed by atoms with Gasteiger partial charge in [-0.2, -0.15) is 0 Å². The van der Waals surface area contributed by atoms with Crippen molar-refractivity contribution in [1.82, 2.24) is 10.2 Å². The van der Waals surface area contributed by atoms with Crippen LogP contribution in [0.3, 0.4) is 0 Å². The van der Waals surface area contributed by atoms with Crippen LogP contribution in [0.15, 0.2) is 0 Å². The van der Waals surface area contributed by atoms with Crippen LogP contribution in [0.2, 0.25) is 0 Å². The van der Waals surface area contributed by atoms with Crippen molar-refractivity contribution in [3.8, 4) is 0 Å². The molecule has 0 aromatic heterocycles. The second-order valence-electron chi connectivity index (χ2n) is 5.30. The highest BCUT2D eigenvalue weighted by Crippen LogP contribution is 2.08. The highest BCUT2D eigenvalue weighted by molar-refractivity contribution is 5.81. The maximum atomic E-state index is 12.4. The minimum atomic E-state index is -0.267. The number of carbonyl (C=O) groups excluding carboxylic acids is 1. The third kappa shape index (κ3) is 6.39. The minimum absolute atomic E-state index is 0.180. The third-order valence-electron chi connectivity index (χ3n) is 3.58. The highest BCUT2D eigenvalue weighted by atomic mass is 16.5. The first-order valence-corrected chi connectivity index (χ1v) is 7.90. The fraction of sp³-hybridized carbons (Fsp3) is 0.933. The van der Waals surface area contributed by atoms with Gasteiger partial charge in [0.15, 0.2) is 0 Å². The molecule has 1 saturated heterocycles. The lowest BCUT2D eigenvalue weighted by Gasteiger charge is -2.30. The molecule has 0 bridgehead atoms. The van der Waals surface area contributed by atoms with Crippen molar-refractivity contribution in [3.05, 3.63) is 0 Å². The average molecular weight is 270 g/mol. The lowest BCUT2D eigenvalue weighted by atomic mass is 10.2. The van der Waals surface area contributed by atoms with Crippen molar-refractivity contribution in [1.29, 1.82) is 0 Å². The number of hydrogen-bond acceptors (Lipinski definition) is 3. The molecule has 1 atom stereocenters. The summed E-state index contributed by atoms with van der Waals surface area (Å²) in [5.41, 5.74) is 0. The van der Waals surface area contributed by atoms with Crippen LogP contribution in [0.1, 0.15) is 52.4 Å². The summed E-state index contributed by atoms with van der Waals surface area (Å²) >= 11 is 0. The van der Waals surface area contributed by atoms with Gasteiger partial charge in [-0.3, -0.25) is 4.79 Å². The van der Waals surface area contributed by atoms with Gasteiger partial charge in [-0.05, 0) is 12.8 Å². The Kier molecular flexibility index (Phi) is 8.84. The van der Waals surface area contributed by atoms with E-state index in [9.17, 15) is 4.79 Å². The van der Waals surface area contributed by atoms with E-state index in [1.165, 1.54) is 25.7 Å². The van der Waals surface area contributed by atoms with Crippen molar-refractivity contribution >= 4 is 5.91 Å². The van der Waals surface area contributed by atoms with Crippen LogP contribution in [0.5, 0.6) is 0 Å². The van der Waals surface area contributed by atoms with Crippen LogP contribution in [0.25, 0.3) is 0 Å². The van der Waals surface area contributed by atoms with E-state index in [1.54, 1.807) is 0 Å². The molecule has 1 aliphatic heterocycles. The Morgan fingerprint density at radius 1 is 1.16 bits per heavy atom. The third-order valence-corrected chi connectivity index (χ3v) is 3.58. The number of unbranched alkanes of at least 4 members (excludes halogenated alkanes) is 4. The lowest BCUT2D eigenvalue weighted by Crippen LogP contribution is -2.49. The van der Waals surface area contributed by atoms with E-state index in [1.807, 2.05) is 4.90 Å². The van der Waals surface area contributed by atoms with E-state index < -0.39 is 0 Å². The number of morpholine rings is 1. The predicted molar refractivity (Wildman–Crippen MR) is 78.2 cm³/mol. The Bertz CT molecular complexity index is 230. The molecule has 1 rings (SSSR count). The smallest absolute Gasteiger partial charge is 0.253 e. The highest BCUT2D eigenvalue weighted by Gasteiger charge is 2.26. The molecule has 19 heavy (non-hydrogen) atoms. The summed E-state index contributed by atoms with van der Waals surface area (Å²) in [6.45, 7) is 8.32. The van der Waals surface area contributed by atoms with Gasteiger partial charge in [0.1, 0.15) is 6.10 Å². The van der Waals surface area contributed by atoms with Crippen LogP contribution in [0, 0.1) is 0 Å². The molecular weight excluding hydrogens is 240 g/mol. The topological polar surface area (TPSA) is 41.6 Å². The Morgan fingerprint density at radius 2 is 1.79 bits per heavy atom. The molecule has 1 fully saturated rings. The van der Waals surface area contributed by atoms with Gasteiger partial charge in [0.05, 0.1) is 6.61 Å². The molecule has 0 spiro atoms. The first kappa shape index (κ1) is 16.4. The maximum absolute atomic E-state index is 12.4. The summed E-state index contributed by atoms with van der Waals surface area (Å²) in [4.78, 5) is 14.5. The van der Waals surface area contributed by atoms with E-state index in [0.29, 0.717) is 13.2 Å². The first-order chi connectivity index (χ1) is 9.29. The Balaban J connectivity index is 2.41. The number of rotatable bonds is 9. The molecule has 1 N–H and O–H groups in total. The molecular formula is C15H30N2O2. The zero-order valence-electron chi connectivity index (χ0n) is 12.6. The lowest BCUT2D eigenvalue weighted by molar-refractivity contribution is -0.145. The van der Waals surface area contributed by atoms with E-state index >= 15 is 0 Å². The quantitative estimate of drug-likeness (QED) is 0.653. The van der Waals surface area contributed by atoms with Crippen LogP contribution in [-0.2, 0) is 9.53 Å². The van der Waals surface area contributed by atoms with Crippen LogP contribution in [-0.4, -0.2) is 49.7 Å². The summed E-state index contributed by atoms with van der Waals surface area (Å²) in [5, 5.41) is 3.23. The number of nitrogens with zero attached hydrogens (tertiary/aromatic N) is 1. The molecule has 4 nitrogen and oxygen atoms in total. The van der Waals surface area contributed by atoms with E-state index in [4.69, 9.17) is 4.74 Å². The molecule has 1 heterocycles. The summed E-state index contributed by atoms with van der Waals surface area (Å²) < 4.78 is 5.58. The van der Waals surface area contributed by atoms with Gasteiger partial charge in [-0.25, -0.2) is 0 Å². The number of carbonyl (C=O) groups is 1.